The van der Waals surface area contributed by atoms with Crippen molar-refractivity contribution in [2.45, 2.75) is 51.6 Å². The molecule has 3 rings (SSSR count). The lowest BCUT2D eigenvalue weighted by molar-refractivity contribution is 0.0858. The minimum absolute atomic E-state index is 0.135. The van der Waals surface area contributed by atoms with Crippen LogP contribution in [-0.4, -0.2) is 37.1 Å². The van der Waals surface area contributed by atoms with Crippen LogP contribution < -0.4 is 20.1 Å². The molecule has 160 valence electrons. The molecule has 2 N–H and O–H groups in total. The van der Waals surface area contributed by atoms with Gasteiger partial charge >= 0.3 is 0 Å². The fourth-order valence-electron chi connectivity index (χ4n) is 3.84. The first-order valence-electron chi connectivity index (χ1n) is 10.7. The highest BCUT2D eigenvalue weighted by atomic mass is 16.5. The topological polar surface area (TPSA) is 76.7 Å². The van der Waals surface area contributed by atoms with Crippen LogP contribution >= 0.6 is 0 Å². The normalized spacial score (nSPS) is 18.3. The van der Waals surface area contributed by atoms with Crippen LogP contribution in [0.3, 0.4) is 0 Å². The van der Waals surface area contributed by atoms with Gasteiger partial charge in [0.1, 0.15) is 11.5 Å². The van der Waals surface area contributed by atoms with E-state index in [1.54, 1.807) is 24.3 Å². The highest BCUT2D eigenvalue weighted by Crippen LogP contribution is 2.23. The molecule has 0 radical (unpaired) electrons. The van der Waals surface area contributed by atoms with E-state index >= 15 is 0 Å². The molecule has 0 saturated heterocycles. The number of carbonyl (C=O) groups excluding carboxylic acids is 2. The lowest BCUT2D eigenvalue weighted by atomic mass is 9.89. The summed E-state index contributed by atoms with van der Waals surface area (Å²) in [4.78, 5) is 25.9. The molecule has 1 fully saturated rings. The molecular formula is C24H30N2O4. The third-order valence-corrected chi connectivity index (χ3v) is 5.26. The molecule has 6 heteroatoms. The fraction of sp³-hybridized carbons (Fsp3) is 0.417. The maximum Gasteiger partial charge on any atom is 0.255 e. The summed E-state index contributed by atoms with van der Waals surface area (Å²) in [6.07, 6.45) is 3.67. The van der Waals surface area contributed by atoms with E-state index in [0.29, 0.717) is 35.8 Å². The van der Waals surface area contributed by atoms with E-state index in [1.165, 1.54) is 0 Å². The average molecular weight is 411 g/mol. The summed E-state index contributed by atoms with van der Waals surface area (Å²) in [5.74, 6) is 0.777. The molecule has 2 aromatic carbocycles. The second-order valence-corrected chi connectivity index (χ2v) is 7.30. The predicted molar refractivity (Wildman–Crippen MR) is 116 cm³/mol. The highest BCUT2D eigenvalue weighted by molar-refractivity contribution is 5.98. The Bertz CT molecular complexity index is 796. The number of para-hydroxylation sites is 2. The van der Waals surface area contributed by atoms with Crippen molar-refractivity contribution in [1.82, 2.24) is 10.6 Å². The van der Waals surface area contributed by atoms with E-state index in [2.05, 4.69) is 10.6 Å². The summed E-state index contributed by atoms with van der Waals surface area (Å²) in [5, 5.41) is 6.23. The van der Waals surface area contributed by atoms with Crippen LogP contribution in [0.2, 0.25) is 0 Å². The van der Waals surface area contributed by atoms with E-state index in [0.717, 1.165) is 25.7 Å². The molecule has 30 heavy (non-hydrogen) atoms. The average Bonchev–Trinajstić information content (AvgIpc) is 2.76. The van der Waals surface area contributed by atoms with Crippen LogP contribution in [-0.2, 0) is 0 Å². The van der Waals surface area contributed by atoms with Gasteiger partial charge in [0.2, 0.25) is 0 Å². The van der Waals surface area contributed by atoms with Crippen LogP contribution in [0.4, 0.5) is 0 Å². The van der Waals surface area contributed by atoms with Gasteiger partial charge in [-0.3, -0.25) is 9.59 Å². The molecule has 2 atom stereocenters. The van der Waals surface area contributed by atoms with Crippen LogP contribution in [0.5, 0.6) is 11.5 Å². The Kier molecular flexibility index (Phi) is 7.71. The highest BCUT2D eigenvalue weighted by Gasteiger charge is 2.29. The van der Waals surface area contributed by atoms with Crippen LogP contribution in [0.15, 0.2) is 48.5 Å². The Labute approximate surface area is 178 Å². The Morgan fingerprint density at radius 1 is 0.767 bits per heavy atom. The van der Waals surface area contributed by atoms with Gasteiger partial charge in [-0.2, -0.15) is 0 Å². The van der Waals surface area contributed by atoms with Crippen molar-refractivity contribution >= 4 is 11.8 Å². The minimum Gasteiger partial charge on any atom is -0.493 e. The van der Waals surface area contributed by atoms with Gasteiger partial charge in [0.15, 0.2) is 0 Å². The molecule has 0 bridgehead atoms. The first-order valence-corrected chi connectivity index (χ1v) is 10.7. The van der Waals surface area contributed by atoms with Crippen LogP contribution in [0.25, 0.3) is 0 Å². The fourth-order valence-corrected chi connectivity index (χ4v) is 3.84. The molecule has 2 aromatic rings. The first kappa shape index (κ1) is 21.7. The Hall–Kier alpha value is -3.02. The maximum atomic E-state index is 12.9. The zero-order valence-corrected chi connectivity index (χ0v) is 17.6. The summed E-state index contributed by atoms with van der Waals surface area (Å²) < 4.78 is 11.2. The van der Waals surface area contributed by atoms with Gasteiger partial charge < -0.3 is 20.1 Å². The van der Waals surface area contributed by atoms with Gasteiger partial charge in [0, 0.05) is 12.1 Å². The quantitative estimate of drug-likeness (QED) is 0.691. The van der Waals surface area contributed by atoms with E-state index in [1.807, 2.05) is 38.1 Å². The number of rotatable bonds is 8. The van der Waals surface area contributed by atoms with Gasteiger partial charge in [-0.15, -0.1) is 0 Å². The molecule has 0 spiro atoms. The summed E-state index contributed by atoms with van der Waals surface area (Å²) in [6.45, 7) is 4.76. The molecule has 2 amide bonds. The minimum atomic E-state index is -0.181. The summed E-state index contributed by atoms with van der Waals surface area (Å²) in [6, 6.07) is 14.2. The van der Waals surface area contributed by atoms with Crippen molar-refractivity contribution in [2.75, 3.05) is 13.2 Å². The molecule has 1 aliphatic rings. The summed E-state index contributed by atoms with van der Waals surface area (Å²) in [7, 11) is 0. The van der Waals surface area contributed by atoms with E-state index < -0.39 is 0 Å². The van der Waals surface area contributed by atoms with E-state index in [9.17, 15) is 9.59 Å². The monoisotopic (exact) mass is 410 g/mol. The largest absolute Gasteiger partial charge is 0.493 e. The number of hydrogen-bond donors (Lipinski definition) is 2. The Morgan fingerprint density at radius 3 is 1.57 bits per heavy atom. The predicted octanol–water partition coefficient (Wildman–Crippen LogP) is 3.96. The number of hydrogen-bond acceptors (Lipinski definition) is 4. The second-order valence-electron chi connectivity index (χ2n) is 7.30. The molecule has 0 aromatic heterocycles. The van der Waals surface area contributed by atoms with Gasteiger partial charge in [-0.05, 0) is 51.0 Å². The number of amides is 2. The molecular weight excluding hydrogens is 380 g/mol. The number of benzene rings is 2. The van der Waals surface area contributed by atoms with Gasteiger partial charge in [0.25, 0.3) is 11.8 Å². The van der Waals surface area contributed by atoms with Crippen LogP contribution in [0.1, 0.15) is 60.2 Å². The van der Waals surface area contributed by atoms with E-state index in [-0.39, 0.29) is 23.9 Å². The Morgan fingerprint density at radius 2 is 1.17 bits per heavy atom. The molecule has 1 saturated carbocycles. The smallest absolute Gasteiger partial charge is 0.255 e. The standard InChI is InChI=1S/C24H30N2O4/c1-3-29-21-15-9-5-11-17(21)23(27)25-19-13-7-8-14-20(19)26-24(28)18-12-6-10-16-22(18)30-4-2/h5-6,9-12,15-16,19-20H,3-4,7-8,13-14H2,1-2H3,(H,25,27)(H,26,28). The van der Waals surface area contributed by atoms with Crippen molar-refractivity contribution in [1.29, 1.82) is 0 Å². The maximum absolute atomic E-state index is 12.9. The lowest BCUT2D eigenvalue weighted by Gasteiger charge is -2.33. The Balaban J connectivity index is 1.71. The van der Waals surface area contributed by atoms with Gasteiger partial charge in [-0.25, -0.2) is 0 Å². The van der Waals surface area contributed by atoms with Gasteiger partial charge in [0.05, 0.1) is 24.3 Å². The molecule has 2 unspecified atom stereocenters. The molecule has 0 aliphatic heterocycles. The SMILES string of the molecule is CCOc1ccccc1C(=O)NC1CCCCC1NC(=O)c1ccccc1OCC. The second kappa shape index (κ2) is 10.7. The van der Waals surface area contributed by atoms with Crippen molar-refractivity contribution in [3.8, 4) is 11.5 Å². The number of nitrogens with one attached hydrogen (secondary N) is 2. The van der Waals surface area contributed by atoms with Gasteiger partial charge in [-0.1, -0.05) is 37.1 Å². The zero-order valence-electron chi connectivity index (χ0n) is 17.6. The zero-order chi connectivity index (χ0) is 21.3. The van der Waals surface area contributed by atoms with Crippen molar-refractivity contribution in [3.05, 3.63) is 59.7 Å². The first-order chi connectivity index (χ1) is 14.6. The molecule has 1 aliphatic carbocycles. The van der Waals surface area contributed by atoms with Crippen molar-refractivity contribution < 1.29 is 19.1 Å². The van der Waals surface area contributed by atoms with Crippen molar-refractivity contribution in [3.63, 3.8) is 0 Å². The van der Waals surface area contributed by atoms with Crippen LogP contribution in [0, 0.1) is 0 Å². The number of carbonyl (C=O) groups is 2. The molecule has 0 heterocycles. The lowest BCUT2D eigenvalue weighted by Crippen LogP contribution is -2.53. The van der Waals surface area contributed by atoms with Crippen molar-refractivity contribution in [2.24, 2.45) is 0 Å². The molecule has 6 nitrogen and oxygen atoms in total. The van der Waals surface area contributed by atoms with E-state index in [4.69, 9.17) is 9.47 Å². The third kappa shape index (κ3) is 5.32. The summed E-state index contributed by atoms with van der Waals surface area (Å²) in [5.41, 5.74) is 1.02. The third-order valence-electron chi connectivity index (χ3n) is 5.26. The summed E-state index contributed by atoms with van der Waals surface area (Å²) >= 11 is 0. The number of ether oxygens (including phenoxy) is 2.